The summed E-state index contributed by atoms with van der Waals surface area (Å²) in [7, 11) is 0. The third-order valence-corrected chi connectivity index (χ3v) is 6.55. The summed E-state index contributed by atoms with van der Waals surface area (Å²) in [6.07, 6.45) is 10.3. The molecule has 0 amide bonds. The molecule has 4 nitrogen and oxygen atoms in total. The highest BCUT2D eigenvalue weighted by atomic mass is 16.6. The third-order valence-electron chi connectivity index (χ3n) is 6.55. The highest BCUT2D eigenvalue weighted by molar-refractivity contribution is 5.85. The first kappa shape index (κ1) is 22.7. The third kappa shape index (κ3) is 5.81. The van der Waals surface area contributed by atoms with Crippen LogP contribution in [0.2, 0.25) is 0 Å². The van der Waals surface area contributed by atoms with Gasteiger partial charge in [0, 0.05) is 18.9 Å². The van der Waals surface area contributed by atoms with Crippen LogP contribution < -0.4 is 0 Å². The molecule has 1 aromatic rings. The maximum Gasteiger partial charge on any atom is 0.337 e. The lowest BCUT2D eigenvalue weighted by Crippen LogP contribution is -2.37. The Morgan fingerprint density at radius 3 is 2.70 bits per heavy atom. The van der Waals surface area contributed by atoms with Crippen LogP contribution >= 0.6 is 0 Å². The number of Topliss-reactive ketones (excluding diaryl/α,β-unsaturated/α-hetero) is 1. The van der Waals surface area contributed by atoms with Crippen molar-refractivity contribution in [1.82, 2.24) is 0 Å². The Kier molecular flexibility index (Phi) is 7.87. The van der Waals surface area contributed by atoms with Crippen LogP contribution in [0.4, 0.5) is 0 Å². The molecule has 30 heavy (non-hydrogen) atoms. The highest BCUT2D eigenvalue weighted by Crippen LogP contribution is 2.60. The van der Waals surface area contributed by atoms with Crippen LogP contribution in [0.25, 0.3) is 0 Å². The van der Waals surface area contributed by atoms with Gasteiger partial charge in [0.2, 0.25) is 0 Å². The quantitative estimate of drug-likeness (QED) is 0.270. The molecule has 3 rings (SSSR count). The summed E-state index contributed by atoms with van der Waals surface area (Å²) in [5.74, 6) is 2.08. The van der Waals surface area contributed by atoms with Gasteiger partial charge in [-0.1, -0.05) is 48.9 Å². The predicted molar refractivity (Wildman–Crippen MR) is 118 cm³/mol. The van der Waals surface area contributed by atoms with Gasteiger partial charge in [0.15, 0.2) is 5.60 Å². The molecular formula is C26H36O4. The first-order valence-electron chi connectivity index (χ1n) is 11.5. The molecule has 164 valence electrons. The number of carbonyl (C=O) groups excluding carboxylic acids is 2. The summed E-state index contributed by atoms with van der Waals surface area (Å²) < 4.78 is 10.8. The van der Waals surface area contributed by atoms with Crippen LogP contribution in [-0.2, 0) is 25.5 Å². The van der Waals surface area contributed by atoms with E-state index in [4.69, 9.17) is 9.47 Å². The van der Waals surface area contributed by atoms with Crippen molar-refractivity contribution < 1.29 is 19.1 Å². The lowest BCUT2D eigenvalue weighted by molar-refractivity contribution is -0.167. The van der Waals surface area contributed by atoms with E-state index in [0.29, 0.717) is 36.8 Å². The lowest BCUT2D eigenvalue weighted by atomic mass is 9.93. The van der Waals surface area contributed by atoms with Crippen LogP contribution in [0.15, 0.2) is 42.5 Å². The Bertz CT molecular complexity index is 737. The SMILES string of the molecule is CCOC(=O)C(C)(C)OCCCCC1C(=O)CC2C(C=CCCc3ccccc3)C12. The van der Waals surface area contributed by atoms with Crippen molar-refractivity contribution in [1.29, 1.82) is 0 Å². The number of aryl methyl sites for hydroxylation is 1. The number of allylic oxidation sites excluding steroid dienone is 2. The number of esters is 1. The van der Waals surface area contributed by atoms with Crippen molar-refractivity contribution in [2.24, 2.45) is 23.7 Å². The number of hydrogen-bond donors (Lipinski definition) is 0. The molecular weight excluding hydrogens is 376 g/mol. The van der Waals surface area contributed by atoms with E-state index in [2.05, 4.69) is 42.5 Å². The molecule has 0 heterocycles. The molecule has 0 N–H and O–H groups in total. The Morgan fingerprint density at radius 1 is 1.20 bits per heavy atom. The smallest absolute Gasteiger partial charge is 0.337 e. The second-order valence-corrected chi connectivity index (χ2v) is 9.12. The number of benzene rings is 1. The van der Waals surface area contributed by atoms with Gasteiger partial charge in [0.05, 0.1) is 6.61 Å². The zero-order valence-electron chi connectivity index (χ0n) is 18.6. The van der Waals surface area contributed by atoms with Gasteiger partial charge in [-0.3, -0.25) is 4.79 Å². The maximum atomic E-state index is 12.3. The number of hydrogen-bond acceptors (Lipinski definition) is 4. The molecule has 1 aromatic carbocycles. The Morgan fingerprint density at radius 2 is 1.97 bits per heavy atom. The van der Waals surface area contributed by atoms with Gasteiger partial charge in [-0.2, -0.15) is 0 Å². The summed E-state index contributed by atoms with van der Waals surface area (Å²) >= 11 is 0. The van der Waals surface area contributed by atoms with Crippen molar-refractivity contribution >= 4 is 11.8 Å². The maximum absolute atomic E-state index is 12.3. The standard InChI is InChI=1S/C26H36O4/c1-4-29-25(28)26(2,3)30-17-11-10-16-21-23(27)18-22-20(24(21)22)15-9-8-14-19-12-6-5-7-13-19/h5-7,9,12-13,15,20-22,24H,4,8,10-11,14,16-18H2,1-3H3. The molecule has 0 aliphatic heterocycles. The number of carbonyl (C=O) groups is 2. The van der Waals surface area contributed by atoms with E-state index in [1.54, 1.807) is 20.8 Å². The minimum atomic E-state index is -0.906. The molecule has 4 heteroatoms. The normalized spacial score (nSPS) is 25.5. The summed E-state index contributed by atoms with van der Waals surface area (Å²) in [6, 6.07) is 10.6. The van der Waals surface area contributed by atoms with E-state index in [9.17, 15) is 9.59 Å². The Hall–Kier alpha value is -1.94. The average molecular weight is 413 g/mol. The number of rotatable bonds is 12. The van der Waals surface area contributed by atoms with Gasteiger partial charge in [-0.05, 0) is 69.8 Å². The van der Waals surface area contributed by atoms with E-state index >= 15 is 0 Å². The molecule has 2 saturated carbocycles. The Balaban J connectivity index is 1.34. The molecule has 0 radical (unpaired) electrons. The van der Waals surface area contributed by atoms with Crippen molar-refractivity contribution in [2.45, 2.75) is 64.9 Å². The molecule has 0 aromatic heterocycles. The monoisotopic (exact) mass is 412 g/mol. The number of unbranched alkanes of at least 4 members (excludes halogenated alkanes) is 1. The summed E-state index contributed by atoms with van der Waals surface area (Å²) in [4.78, 5) is 24.2. The zero-order chi connectivity index (χ0) is 21.6. The fraction of sp³-hybridized carbons (Fsp3) is 0.615. The van der Waals surface area contributed by atoms with Crippen molar-refractivity contribution in [3.8, 4) is 0 Å². The molecule has 4 unspecified atom stereocenters. The summed E-state index contributed by atoms with van der Waals surface area (Å²) in [6.45, 7) is 6.16. The van der Waals surface area contributed by atoms with Gasteiger partial charge in [0.1, 0.15) is 5.78 Å². The molecule has 2 aliphatic carbocycles. The second-order valence-electron chi connectivity index (χ2n) is 9.12. The summed E-state index contributed by atoms with van der Waals surface area (Å²) in [5.41, 5.74) is 0.468. The van der Waals surface area contributed by atoms with Gasteiger partial charge in [-0.15, -0.1) is 0 Å². The van der Waals surface area contributed by atoms with Crippen molar-refractivity contribution in [3.05, 3.63) is 48.0 Å². The van der Waals surface area contributed by atoms with E-state index in [0.717, 1.165) is 38.5 Å². The minimum Gasteiger partial charge on any atom is -0.464 e. The van der Waals surface area contributed by atoms with Gasteiger partial charge in [0.25, 0.3) is 0 Å². The van der Waals surface area contributed by atoms with Crippen LogP contribution in [0.1, 0.15) is 58.4 Å². The second kappa shape index (κ2) is 10.4. The molecule has 0 saturated heterocycles. The Labute approximate surface area is 181 Å². The molecule has 2 fully saturated rings. The van der Waals surface area contributed by atoms with Crippen molar-refractivity contribution in [2.75, 3.05) is 13.2 Å². The molecule has 0 bridgehead atoms. The topological polar surface area (TPSA) is 52.6 Å². The largest absolute Gasteiger partial charge is 0.464 e. The van der Waals surface area contributed by atoms with Crippen LogP contribution in [0, 0.1) is 23.7 Å². The zero-order valence-corrected chi connectivity index (χ0v) is 18.6. The molecule has 4 atom stereocenters. The molecule has 2 aliphatic rings. The van der Waals surface area contributed by atoms with Crippen LogP contribution in [0.3, 0.4) is 0 Å². The number of ketones is 1. The van der Waals surface area contributed by atoms with Gasteiger partial charge in [-0.25, -0.2) is 4.79 Å². The molecule has 0 spiro atoms. The van der Waals surface area contributed by atoms with E-state index < -0.39 is 5.60 Å². The van der Waals surface area contributed by atoms with Gasteiger partial charge >= 0.3 is 5.97 Å². The van der Waals surface area contributed by atoms with Crippen LogP contribution in [-0.4, -0.2) is 30.6 Å². The van der Waals surface area contributed by atoms with Crippen LogP contribution in [0.5, 0.6) is 0 Å². The number of fused-ring (bicyclic) bond motifs is 1. The van der Waals surface area contributed by atoms with Gasteiger partial charge < -0.3 is 9.47 Å². The minimum absolute atomic E-state index is 0.219. The first-order valence-corrected chi connectivity index (χ1v) is 11.5. The number of ether oxygens (including phenoxy) is 2. The fourth-order valence-corrected chi connectivity index (χ4v) is 4.80. The van der Waals surface area contributed by atoms with Crippen molar-refractivity contribution in [3.63, 3.8) is 0 Å². The van der Waals surface area contributed by atoms with E-state index in [-0.39, 0.29) is 11.9 Å². The summed E-state index contributed by atoms with van der Waals surface area (Å²) in [5, 5.41) is 0. The predicted octanol–water partition coefficient (Wildman–Crippen LogP) is 5.16. The lowest BCUT2D eigenvalue weighted by Gasteiger charge is -2.23. The fourth-order valence-electron chi connectivity index (χ4n) is 4.80. The highest BCUT2D eigenvalue weighted by Gasteiger charge is 2.59. The average Bonchev–Trinajstić information content (AvgIpc) is 3.28. The van der Waals surface area contributed by atoms with E-state index in [1.807, 2.05) is 0 Å². The van der Waals surface area contributed by atoms with E-state index in [1.165, 1.54) is 5.56 Å². The first-order chi connectivity index (χ1) is 14.4.